The van der Waals surface area contributed by atoms with Crippen LogP contribution in [0.3, 0.4) is 0 Å². The van der Waals surface area contributed by atoms with Gasteiger partial charge in [0.05, 0.1) is 0 Å². The zero-order valence-corrected chi connectivity index (χ0v) is 9.91. The van der Waals surface area contributed by atoms with Gasteiger partial charge in [-0.3, -0.25) is 0 Å². The highest BCUT2D eigenvalue weighted by Gasteiger charge is 2.73. The summed E-state index contributed by atoms with van der Waals surface area (Å²) in [5.74, 6) is 0.851. The molecular formula is C13H24. The summed E-state index contributed by atoms with van der Waals surface area (Å²) in [5.41, 5.74) is 2.06. The third kappa shape index (κ3) is 0.831. The second-order valence-corrected chi connectivity index (χ2v) is 6.21. The van der Waals surface area contributed by atoms with Crippen LogP contribution in [0, 0.1) is 22.2 Å². The molecule has 0 aliphatic heterocycles. The van der Waals surface area contributed by atoms with Gasteiger partial charge in [0, 0.05) is 0 Å². The largest absolute Gasteiger partial charge is 0.0648 e. The summed E-state index contributed by atoms with van der Waals surface area (Å²) < 4.78 is 0. The van der Waals surface area contributed by atoms with Crippen molar-refractivity contribution < 1.29 is 0 Å². The first-order valence-corrected chi connectivity index (χ1v) is 5.92. The van der Waals surface area contributed by atoms with E-state index in [2.05, 4.69) is 34.6 Å². The van der Waals surface area contributed by atoms with E-state index in [4.69, 9.17) is 0 Å². The first-order valence-electron chi connectivity index (χ1n) is 5.92. The fourth-order valence-corrected chi connectivity index (χ4v) is 4.09. The van der Waals surface area contributed by atoms with Crippen molar-refractivity contribution in [3.8, 4) is 0 Å². The zero-order chi connectivity index (χ0) is 9.91. The SMILES string of the molecule is CCC1(C)C2(CC2)CC1(C)C(C)C. The maximum absolute atomic E-state index is 2.55. The van der Waals surface area contributed by atoms with Crippen molar-refractivity contribution >= 4 is 0 Å². The van der Waals surface area contributed by atoms with Gasteiger partial charge in [-0.05, 0) is 47.8 Å². The minimum absolute atomic E-state index is 0.623. The quantitative estimate of drug-likeness (QED) is 0.596. The highest BCUT2D eigenvalue weighted by molar-refractivity contribution is 5.22. The van der Waals surface area contributed by atoms with Crippen molar-refractivity contribution in [1.82, 2.24) is 0 Å². The van der Waals surface area contributed by atoms with E-state index in [1.807, 2.05) is 0 Å². The molecule has 2 aliphatic carbocycles. The molecule has 76 valence electrons. The molecule has 0 heterocycles. The fraction of sp³-hybridized carbons (Fsp3) is 1.00. The summed E-state index contributed by atoms with van der Waals surface area (Å²) in [6, 6.07) is 0. The summed E-state index contributed by atoms with van der Waals surface area (Å²) in [6.45, 7) is 12.3. The number of hydrogen-bond donors (Lipinski definition) is 0. The Morgan fingerprint density at radius 2 is 1.69 bits per heavy atom. The highest BCUT2D eigenvalue weighted by atomic mass is 14.8. The van der Waals surface area contributed by atoms with Crippen LogP contribution in [0.1, 0.15) is 60.3 Å². The normalized spacial score (nSPS) is 46.6. The van der Waals surface area contributed by atoms with Crippen molar-refractivity contribution in [3.63, 3.8) is 0 Å². The lowest BCUT2D eigenvalue weighted by Crippen LogP contribution is -2.58. The Bertz CT molecular complexity index is 224. The number of hydrogen-bond acceptors (Lipinski definition) is 0. The lowest BCUT2D eigenvalue weighted by atomic mass is 9.39. The van der Waals surface area contributed by atoms with E-state index >= 15 is 0 Å². The molecule has 2 unspecified atom stereocenters. The van der Waals surface area contributed by atoms with E-state index in [1.165, 1.54) is 25.7 Å². The van der Waals surface area contributed by atoms with Crippen molar-refractivity contribution in [2.24, 2.45) is 22.2 Å². The summed E-state index contributed by atoms with van der Waals surface area (Å²) >= 11 is 0. The van der Waals surface area contributed by atoms with Gasteiger partial charge in [-0.2, -0.15) is 0 Å². The Morgan fingerprint density at radius 3 is 2.00 bits per heavy atom. The van der Waals surface area contributed by atoms with Gasteiger partial charge in [-0.25, -0.2) is 0 Å². The molecule has 0 aromatic heterocycles. The van der Waals surface area contributed by atoms with Crippen LogP contribution in [0.5, 0.6) is 0 Å². The average Bonchev–Trinajstić information content (AvgIpc) is 2.84. The van der Waals surface area contributed by atoms with Gasteiger partial charge in [0.2, 0.25) is 0 Å². The Morgan fingerprint density at radius 1 is 1.15 bits per heavy atom. The molecule has 0 aromatic carbocycles. The summed E-state index contributed by atoms with van der Waals surface area (Å²) in [5, 5.41) is 0. The lowest BCUT2D eigenvalue weighted by Gasteiger charge is -2.66. The van der Waals surface area contributed by atoms with Gasteiger partial charge >= 0.3 is 0 Å². The van der Waals surface area contributed by atoms with Gasteiger partial charge < -0.3 is 0 Å². The molecule has 0 nitrogen and oxygen atoms in total. The Balaban J connectivity index is 2.27. The van der Waals surface area contributed by atoms with Crippen LogP contribution in [0.2, 0.25) is 0 Å². The smallest absolute Gasteiger partial charge is 0.0215 e. The van der Waals surface area contributed by atoms with E-state index in [0.29, 0.717) is 10.8 Å². The van der Waals surface area contributed by atoms with Gasteiger partial charge in [-0.1, -0.05) is 34.6 Å². The molecule has 2 saturated carbocycles. The van der Waals surface area contributed by atoms with Crippen LogP contribution in [0.4, 0.5) is 0 Å². The minimum atomic E-state index is 0.623. The molecule has 2 aliphatic rings. The maximum atomic E-state index is 2.55. The molecular weight excluding hydrogens is 156 g/mol. The molecule has 13 heavy (non-hydrogen) atoms. The second kappa shape index (κ2) is 2.32. The fourth-order valence-electron chi connectivity index (χ4n) is 4.09. The van der Waals surface area contributed by atoms with E-state index in [0.717, 1.165) is 11.3 Å². The van der Waals surface area contributed by atoms with Crippen LogP contribution in [0.25, 0.3) is 0 Å². The maximum Gasteiger partial charge on any atom is -0.0215 e. The van der Waals surface area contributed by atoms with Crippen molar-refractivity contribution in [3.05, 3.63) is 0 Å². The third-order valence-electron chi connectivity index (χ3n) is 5.97. The molecule has 2 rings (SSSR count). The lowest BCUT2D eigenvalue weighted by molar-refractivity contribution is -0.171. The second-order valence-electron chi connectivity index (χ2n) is 6.21. The van der Waals surface area contributed by atoms with E-state index < -0.39 is 0 Å². The van der Waals surface area contributed by atoms with Crippen LogP contribution in [0.15, 0.2) is 0 Å². The first-order chi connectivity index (χ1) is 5.92. The van der Waals surface area contributed by atoms with Gasteiger partial charge in [0.15, 0.2) is 0 Å². The van der Waals surface area contributed by atoms with Crippen molar-refractivity contribution in [1.29, 1.82) is 0 Å². The summed E-state index contributed by atoms with van der Waals surface area (Å²) in [7, 11) is 0. The predicted molar refractivity (Wildman–Crippen MR) is 57.6 cm³/mol. The molecule has 0 N–H and O–H groups in total. The summed E-state index contributed by atoms with van der Waals surface area (Å²) in [4.78, 5) is 0. The number of rotatable bonds is 2. The molecule has 0 amide bonds. The average molecular weight is 180 g/mol. The molecule has 0 bridgehead atoms. The van der Waals surface area contributed by atoms with E-state index in [1.54, 1.807) is 0 Å². The zero-order valence-electron chi connectivity index (χ0n) is 9.91. The summed E-state index contributed by atoms with van der Waals surface area (Å²) in [6.07, 6.45) is 5.91. The third-order valence-corrected chi connectivity index (χ3v) is 5.97. The molecule has 0 saturated heterocycles. The van der Waals surface area contributed by atoms with Crippen LogP contribution >= 0.6 is 0 Å². The monoisotopic (exact) mass is 180 g/mol. The van der Waals surface area contributed by atoms with Crippen molar-refractivity contribution in [2.75, 3.05) is 0 Å². The Kier molecular flexibility index (Phi) is 1.71. The topological polar surface area (TPSA) is 0 Å². The first kappa shape index (κ1) is 9.55. The van der Waals surface area contributed by atoms with Crippen LogP contribution in [-0.2, 0) is 0 Å². The predicted octanol–water partition coefficient (Wildman–Crippen LogP) is 4.25. The Hall–Kier alpha value is 0. The van der Waals surface area contributed by atoms with E-state index in [-0.39, 0.29) is 0 Å². The molecule has 0 aromatic rings. The molecule has 2 fully saturated rings. The molecule has 2 atom stereocenters. The Labute approximate surface area is 83.1 Å². The van der Waals surface area contributed by atoms with Gasteiger partial charge in [0.1, 0.15) is 0 Å². The van der Waals surface area contributed by atoms with Gasteiger partial charge in [0.25, 0.3) is 0 Å². The van der Waals surface area contributed by atoms with Crippen LogP contribution < -0.4 is 0 Å². The molecule has 0 heteroatoms. The van der Waals surface area contributed by atoms with Crippen LogP contribution in [-0.4, -0.2) is 0 Å². The minimum Gasteiger partial charge on any atom is -0.0648 e. The molecule has 1 spiro atoms. The molecule has 0 radical (unpaired) electrons. The van der Waals surface area contributed by atoms with Gasteiger partial charge in [-0.15, -0.1) is 0 Å². The van der Waals surface area contributed by atoms with Crippen molar-refractivity contribution in [2.45, 2.75) is 60.3 Å². The standard InChI is InChI=1S/C13H24/c1-6-12(5)11(4,10(2)3)9-13(12)7-8-13/h10H,6-9H2,1-5H3. The highest BCUT2D eigenvalue weighted by Crippen LogP contribution is 2.81. The van der Waals surface area contributed by atoms with E-state index in [9.17, 15) is 0 Å².